The molecule has 4 nitrogen and oxygen atoms in total. The Morgan fingerprint density at radius 2 is 1.90 bits per heavy atom. The second-order valence-electron chi connectivity index (χ2n) is 6.02. The largest absolute Gasteiger partial charge is 0.490 e. The lowest BCUT2D eigenvalue weighted by Gasteiger charge is -2.51. The van der Waals surface area contributed by atoms with Gasteiger partial charge in [-0.05, 0) is 30.8 Å². The molecule has 20 heavy (non-hydrogen) atoms. The van der Waals surface area contributed by atoms with Crippen LogP contribution >= 0.6 is 0 Å². The van der Waals surface area contributed by atoms with E-state index in [-0.39, 0.29) is 11.5 Å². The van der Waals surface area contributed by atoms with E-state index < -0.39 is 9.84 Å². The zero-order valence-electron chi connectivity index (χ0n) is 12.5. The van der Waals surface area contributed by atoms with Crippen LogP contribution in [0.25, 0.3) is 0 Å². The summed E-state index contributed by atoms with van der Waals surface area (Å²) in [7, 11) is -3.14. The molecule has 0 amide bonds. The van der Waals surface area contributed by atoms with E-state index in [0.29, 0.717) is 10.9 Å². The second kappa shape index (κ2) is 5.37. The highest BCUT2D eigenvalue weighted by atomic mass is 32.2. The Labute approximate surface area is 121 Å². The van der Waals surface area contributed by atoms with Crippen molar-refractivity contribution in [2.75, 3.05) is 12.8 Å². The van der Waals surface area contributed by atoms with E-state index >= 15 is 0 Å². The van der Waals surface area contributed by atoms with E-state index in [2.05, 4.69) is 26.1 Å². The van der Waals surface area contributed by atoms with Crippen LogP contribution < -0.4 is 10.1 Å². The maximum atomic E-state index is 11.4. The monoisotopic (exact) mass is 297 g/mol. The van der Waals surface area contributed by atoms with Gasteiger partial charge in [0.2, 0.25) is 0 Å². The molecule has 1 fully saturated rings. The average molecular weight is 297 g/mol. The number of nitrogens with one attached hydrogen (secondary N) is 1. The lowest BCUT2D eigenvalue weighted by atomic mass is 9.64. The molecular weight excluding hydrogens is 274 g/mol. The average Bonchev–Trinajstić information content (AvgIpc) is 2.37. The fourth-order valence-electron chi connectivity index (χ4n) is 2.61. The van der Waals surface area contributed by atoms with Crippen LogP contribution in [-0.2, 0) is 9.84 Å². The molecule has 0 heterocycles. The predicted molar refractivity (Wildman–Crippen MR) is 79.8 cm³/mol. The van der Waals surface area contributed by atoms with Crippen LogP contribution in [0.15, 0.2) is 29.2 Å². The minimum absolute atomic E-state index is 0.0888. The number of sulfone groups is 1. The van der Waals surface area contributed by atoms with Crippen molar-refractivity contribution in [2.45, 2.75) is 44.2 Å². The number of rotatable bonds is 5. The Kier molecular flexibility index (Phi) is 4.12. The van der Waals surface area contributed by atoms with Crippen molar-refractivity contribution in [3.05, 3.63) is 24.3 Å². The van der Waals surface area contributed by atoms with Gasteiger partial charge in [0, 0.05) is 24.1 Å². The van der Waals surface area contributed by atoms with E-state index in [1.807, 2.05) is 0 Å². The van der Waals surface area contributed by atoms with E-state index in [1.54, 1.807) is 24.3 Å². The smallest absolute Gasteiger partial charge is 0.175 e. The minimum atomic E-state index is -3.14. The van der Waals surface area contributed by atoms with Crippen molar-refractivity contribution in [3.8, 4) is 5.75 Å². The lowest BCUT2D eigenvalue weighted by Crippen LogP contribution is -2.62. The molecule has 1 aliphatic rings. The van der Waals surface area contributed by atoms with Crippen LogP contribution in [0, 0.1) is 5.41 Å². The summed E-state index contributed by atoms with van der Waals surface area (Å²) in [4.78, 5) is 0.322. The molecule has 0 saturated heterocycles. The van der Waals surface area contributed by atoms with Crippen molar-refractivity contribution in [2.24, 2.45) is 5.41 Å². The normalized spacial score (nSPS) is 25.0. The van der Waals surface area contributed by atoms with Gasteiger partial charge in [-0.1, -0.05) is 20.8 Å². The SMILES string of the molecule is CCNC1CC(Oc2ccc(S(C)(=O)=O)cc2)C1(C)C. The summed E-state index contributed by atoms with van der Waals surface area (Å²) >= 11 is 0. The van der Waals surface area contributed by atoms with E-state index in [9.17, 15) is 8.42 Å². The summed E-state index contributed by atoms with van der Waals surface area (Å²) in [6.45, 7) is 7.46. The van der Waals surface area contributed by atoms with Crippen LogP contribution in [0.5, 0.6) is 5.75 Å². The molecule has 1 N–H and O–H groups in total. The van der Waals surface area contributed by atoms with E-state index in [4.69, 9.17) is 4.74 Å². The molecule has 2 rings (SSSR count). The summed E-state index contributed by atoms with van der Waals surface area (Å²) in [5.74, 6) is 0.727. The third-order valence-electron chi connectivity index (χ3n) is 4.16. The molecule has 1 saturated carbocycles. The number of hydrogen-bond acceptors (Lipinski definition) is 4. The van der Waals surface area contributed by atoms with Gasteiger partial charge in [0.25, 0.3) is 0 Å². The van der Waals surface area contributed by atoms with Crippen LogP contribution in [0.4, 0.5) is 0 Å². The molecule has 1 aromatic rings. The van der Waals surface area contributed by atoms with E-state index in [0.717, 1.165) is 18.7 Å². The molecule has 1 aromatic carbocycles. The molecule has 2 atom stereocenters. The standard InChI is InChI=1S/C15H23NO3S/c1-5-16-13-10-14(15(13,2)3)19-11-6-8-12(9-7-11)20(4,17)18/h6-9,13-14,16H,5,10H2,1-4H3. The van der Waals surface area contributed by atoms with Gasteiger partial charge in [-0.25, -0.2) is 8.42 Å². The highest BCUT2D eigenvalue weighted by Gasteiger charge is 2.49. The second-order valence-corrected chi connectivity index (χ2v) is 8.03. The molecule has 2 unspecified atom stereocenters. The van der Waals surface area contributed by atoms with E-state index in [1.165, 1.54) is 6.26 Å². The van der Waals surface area contributed by atoms with Crippen LogP contribution in [0.2, 0.25) is 0 Å². The summed E-state index contributed by atoms with van der Waals surface area (Å²) in [5, 5.41) is 3.46. The van der Waals surface area contributed by atoms with Gasteiger partial charge < -0.3 is 10.1 Å². The Morgan fingerprint density at radius 1 is 1.30 bits per heavy atom. The number of hydrogen-bond donors (Lipinski definition) is 1. The third-order valence-corrected chi connectivity index (χ3v) is 5.29. The zero-order valence-corrected chi connectivity index (χ0v) is 13.3. The van der Waals surface area contributed by atoms with Gasteiger partial charge >= 0.3 is 0 Å². The van der Waals surface area contributed by atoms with Crippen LogP contribution in [0.1, 0.15) is 27.2 Å². The van der Waals surface area contributed by atoms with Crippen molar-refractivity contribution >= 4 is 9.84 Å². The first-order valence-electron chi connectivity index (χ1n) is 6.95. The highest BCUT2D eigenvalue weighted by molar-refractivity contribution is 7.90. The van der Waals surface area contributed by atoms with Gasteiger partial charge in [0.15, 0.2) is 9.84 Å². The fraction of sp³-hybridized carbons (Fsp3) is 0.600. The Balaban J connectivity index is 2.02. The molecule has 0 aliphatic heterocycles. The summed E-state index contributed by atoms with van der Waals surface area (Å²) in [6.07, 6.45) is 2.35. The fourth-order valence-corrected chi connectivity index (χ4v) is 3.24. The molecule has 1 aliphatic carbocycles. The van der Waals surface area contributed by atoms with Gasteiger partial charge in [-0.15, -0.1) is 0 Å². The van der Waals surface area contributed by atoms with Crippen molar-refractivity contribution in [1.29, 1.82) is 0 Å². The first-order valence-corrected chi connectivity index (χ1v) is 8.84. The van der Waals surface area contributed by atoms with Crippen LogP contribution in [-0.4, -0.2) is 33.4 Å². The predicted octanol–water partition coefficient (Wildman–Crippen LogP) is 2.25. The highest BCUT2D eigenvalue weighted by Crippen LogP contribution is 2.43. The molecule has 0 aromatic heterocycles. The Hall–Kier alpha value is -1.07. The Bertz CT molecular complexity index is 563. The molecular formula is C15H23NO3S. The molecule has 112 valence electrons. The molecule has 0 spiro atoms. The van der Waals surface area contributed by atoms with Gasteiger partial charge in [-0.3, -0.25) is 0 Å². The first-order chi connectivity index (χ1) is 9.25. The quantitative estimate of drug-likeness (QED) is 0.905. The number of benzene rings is 1. The van der Waals surface area contributed by atoms with Gasteiger partial charge in [0.05, 0.1) is 4.90 Å². The summed E-state index contributed by atoms with van der Waals surface area (Å²) < 4.78 is 28.8. The lowest BCUT2D eigenvalue weighted by molar-refractivity contribution is -0.0541. The van der Waals surface area contributed by atoms with Crippen molar-refractivity contribution in [3.63, 3.8) is 0 Å². The molecule has 5 heteroatoms. The summed E-state index contributed by atoms with van der Waals surface area (Å²) in [5.41, 5.74) is 0.0888. The maximum absolute atomic E-state index is 11.4. The first kappa shape index (κ1) is 15.3. The van der Waals surface area contributed by atoms with Crippen molar-refractivity contribution in [1.82, 2.24) is 5.32 Å². The maximum Gasteiger partial charge on any atom is 0.175 e. The molecule has 0 radical (unpaired) electrons. The van der Waals surface area contributed by atoms with Crippen molar-refractivity contribution < 1.29 is 13.2 Å². The number of ether oxygens (including phenoxy) is 1. The zero-order chi connectivity index (χ0) is 15.0. The molecule has 0 bridgehead atoms. The minimum Gasteiger partial charge on any atom is -0.490 e. The topological polar surface area (TPSA) is 55.4 Å². The van der Waals surface area contributed by atoms with Gasteiger partial charge in [0.1, 0.15) is 11.9 Å². The van der Waals surface area contributed by atoms with Crippen LogP contribution in [0.3, 0.4) is 0 Å². The van der Waals surface area contributed by atoms with Gasteiger partial charge in [-0.2, -0.15) is 0 Å². The summed E-state index contributed by atoms with van der Waals surface area (Å²) in [6, 6.07) is 7.13. The Morgan fingerprint density at radius 3 is 2.35 bits per heavy atom. The third kappa shape index (κ3) is 2.99.